The molecule has 1 unspecified atom stereocenters. The molecule has 0 radical (unpaired) electrons. The van der Waals surface area contributed by atoms with Gasteiger partial charge in [-0.2, -0.15) is 0 Å². The molecular weight excluding hydrogens is 196 g/mol. The topological polar surface area (TPSA) is 86.7 Å². The first-order chi connectivity index (χ1) is 5.95. The fourth-order valence-corrected chi connectivity index (χ4v) is 1.32. The Morgan fingerprint density at radius 3 is 2.62 bits per heavy atom. The molecule has 0 amide bonds. The lowest BCUT2D eigenvalue weighted by Gasteiger charge is -2.13. The van der Waals surface area contributed by atoms with Gasteiger partial charge in [-0.05, 0) is 6.42 Å². The zero-order valence-corrected chi connectivity index (χ0v) is 8.42. The zero-order chi connectivity index (χ0) is 10.3. The zero-order valence-electron chi connectivity index (χ0n) is 7.60. The molecule has 0 aromatic rings. The van der Waals surface area contributed by atoms with Crippen molar-refractivity contribution in [3.05, 3.63) is 0 Å². The molecule has 6 heteroatoms. The standard InChI is InChI=1S/C7H16O5S/c1-2-3-4-12-5-7(8)6-13(9,10)11/h7-8H,2-6H2,1H3,(H,9,10,11)/p-1. The lowest BCUT2D eigenvalue weighted by Crippen LogP contribution is -2.25. The van der Waals surface area contributed by atoms with Crippen LogP contribution in [0.5, 0.6) is 0 Å². The number of aliphatic hydroxyl groups excluding tert-OH is 1. The quantitative estimate of drug-likeness (QED) is 0.462. The molecule has 0 aliphatic rings. The Hall–Kier alpha value is -0.170. The molecule has 0 aliphatic heterocycles. The van der Waals surface area contributed by atoms with Crippen LogP contribution in [-0.4, -0.2) is 43.1 Å². The first-order valence-corrected chi connectivity index (χ1v) is 5.73. The molecule has 0 aromatic heterocycles. The molecule has 0 rings (SSSR count). The number of aliphatic hydroxyl groups is 1. The molecule has 80 valence electrons. The highest BCUT2D eigenvalue weighted by atomic mass is 32.2. The molecule has 13 heavy (non-hydrogen) atoms. The predicted molar refractivity (Wildman–Crippen MR) is 46.3 cm³/mol. The van der Waals surface area contributed by atoms with E-state index in [0.717, 1.165) is 12.8 Å². The molecule has 5 nitrogen and oxygen atoms in total. The maximum Gasteiger partial charge on any atom is 0.0972 e. The van der Waals surface area contributed by atoms with E-state index in [1.54, 1.807) is 0 Å². The third-order valence-electron chi connectivity index (χ3n) is 1.35. The van der Waals surface area contributed by atoms with Gasteiger partial charge >= 0.3 is 0 Å². The Morgan fingerprint density at radius 2 is 2.15 bits per heavy atom. The second kappa shape index (κ2) is 6.31. The molecule has 0 fully saturated rings. The summed E-state index contributed by atoms with van der Waals surface area (Å²) >= 11 is 0. The minimum absolute atomic E-state index is 0.0958. The Bertz CT molecular complexity index is 211. The van der Waals surface area contributed by atoms with Crippen molar-refractivity contribution >= 4 is 10.1 Å². The van der Waals surface area contributed by atoms with Crippen molar-refractivity contribution in [2.75, 3.05) is 19.0 Å². The van der Waals surface area contributed by atoms with E-state index in [1.807, 2.05) is 6.92 Å². The summed E-state index contributed by atoms with van der Waals surface area (Å²) in [6.07, 6.45) is 0.617. The summed E-state index contributed by atoms with van der Waals surface area (Å²) < 4.78 is 35.4. The second-order valence-corrected chi connectivity index (χ2v) is 4.26. The van der Waals surface area contributed by atoms with Crippen LogP contribution in [0.2, 0.25) is 0 Å². The van der Waals surface area contributed by atoms with Crippen molar-refractivity contribution in [1.29, 1.82) is 0 Å². The van der Waals surface area contributed by atoms with Crippen molar-refractivity contribution in [3.8, 4) is 0 Å². The molecule has 1 atom stereocenters. The first-order valence-electron chi connectivity index (χ1n) is 4.15. The number of hydrogen-bond acceptors (Lipinski definition) is 5. The van der Waals surface area contributed by atoms with Crippen molar-refractivity contribution in [1.82, 2.24) is 0 Å². The second-order valence-electron chi connectivity index (χ2n) is 2.81. The third-order valence-corrected chi connectivity index (χ3v) is 2.14. The van der Waals surface area contributed by atoms with Gasteiger partial charge in [-0.1, -0.05) is 13.3 Å². The summed E-state index contributed by atoms with van der Waals surface area (Å²) in [4.78, 5) is 0. The lowest BCUT2D eigenvalue weighted by atomic mass is 10.3. The van der Waals surface area contributed by atoms with E-state index < -0.39 is 22.0 Å². The summed E-state index contributed by atoms with van der Waals surface area (Å²) in [7, 11) is -4.35. The largest absolute Gasteiger partial charge is 0.748 e. The van der Waals surface area contributed by atoms with Crippen LogP contribution >= 0.6 is 0 Å². The number of unbranched alkanes of at least 4 members (excludes halogenated alkanes) is 1. The lowest BCUT2D eigenvalue weighted by molar-refractivity contribution is 0.0458. The average molecular weight is 211 g/mol. The van der Waals surface area contributed by atoms with Gasteiger partial charge in [0.15, 0.2) is 0 Å². The van der Waals surface area contributed by atoms with Crippen LogP contribution in [0.15, 0.2) is 0 Å². The molecule has 0 spiro atoms. The van der Waals surface area contributed by atoms with Crippen molar-refractivity contribution < 1.29 is 22.8 Å². The maximum atomic E-state index is 10.2. The van der Waals surface area contributed by atoms with E-state index in [1.165, 1.54) is 0 Å². The Balaban J connectivity index is 3.47. The van der Waals surface area contributed by atoms with E-state index >= 15 is 0 Å². The minimum Gasteiger partial charge on any atom is -0.748 e. The van der Waals surface area contributed by atoms with Crippen LogP contribution in [0, 0.1) is 0 Å². The SMILES string of the molecule is CCCCOCC(O)CS(=O)(=O)[O-]. The van der Waals surface area contributed by atoms with Gasteiger partial charge in [0.2, 0.25) is 0 Å². The highest BCUT2D eigenvalue weighted by Gasteiger charge is 2.07. The predicted octanol–water partition coefficient (Wildman–Crippen LogP) is -0.291. The molecule has 0 saturated carbocycles. The van der Waals surface area contributed by atoms with Gasteiger partial charge in [0.05, 0.1) is 28.6 Å². The van der Waals surface area contributed by atoms with Crippen LogP contribution in [0.3, 0.4) is 0 Å². The van der Waals surface area contributed by atoms with Gasteiger partial charge in [0.1, 0.15) is 0 Å². The maximum absolute atomic E-state index is 10.2. The van der Waals surface area contributed by atoms with Crippen LogP contribution in [0.4, 0.5) is 0 Å². The average Bonchev–Trinajstić information content (AvgIpc) is 1.94. The Morgan fingerprint density at radius 1 is 1.54 bits per heavy atom. The van der Waals surface area contributed by atoms with Gasteiger partial charge in [-0.15, -0.1) is 0 Å². The van der Waals surface area contributed by atoms with E-state index in [2.05, 4.69) is 0 Å². The van der Waals surface area contributed by atoms with Crippen molar-refractivity contribution in [2.45, 2.75) is 25.9 Å². The normalized spacial score (nSPS) is 14.4. The summed E-state index contributed by atoms with van der Waals surface area (Å²) in [5.74, 6) is -0.779. The van der Waals surface area contributed by atoms with Crippen LogP contribution < -0.4 is 0 Å². The van der Waals surface area contributed by atoms with Gasteiger partial charge in [-0.3, -0.25) is 0 Å². The molecule has 0 heterocycles. The smallest absolute Gasteiger partial charge is 0.0972 e. The third kappa shape index (κ3) is 9.75. The molecule has 0 bridgehead atoms. The number of ether oxygens (including phenoxy) is 1. The van der Waals surface area contributed by atoms with Gasteiger partial charge in [0.25, 0.3) is 0 Å². The molecular formula is C7H15O5S-. The van der Waals surface area contributed by atoms with Crippen LogP contribution in [0.1, 0.15) is 19.8 Å². The molecule has 0 saturated heterocycles. The summed E-state index contributed by atoms with van der Waals surface area (Å²) in [6.45, 7) is 2.37. The van der Waals surface area contributed by atoms with Gasteiger partial charge in [0, 0.05) is 6.61 Å². The minimum atomic E-state index is -4.35. The monoisotopic (exact) mass is 211 g/mol. The van der Waals surface area contributed by atoms with Crippen molar-refractivity contribution in [2.24, 2.45) is 0 Å². The number of rotatable bonds is 7. The molecule has 0 aliphatic carbocycles. The fourth-order valence-electron chi connectivity index (χ4n) is 0.750. The molecule has 0 aromatic carbocycles. The summed E-state index contributed by atoms with van der Waals surface area (Å²) in [5, 5.41) is 8.98. The Kier molecular flexibility index (Phi) is 6.23. The fraction of sp³-hybridized carbons (Fsp3) is 1.00. The summed E-state index contributed by atoms with van der Waals surface area (Å²) in [6, 6.07) is 0. The highest BCUT2D eigenvalue weighted by Crippen LogP contribution is 1.94. The van der Waals surface area contributed by atoms with Crippen LogP contribution in [0.25, 0.3) is 0 Å². The van der Waals surface area contributed by atoms with Crippen molar-refractivity contribution in [3.63, 3.8) is 0 Å². The van der Waals surface area contributed by atoms with E-state index in [-0.39, 0.29) is 6.61 Å². The van der Waals surface area contributed by atoms with E-state index in [4.69, 9.17) is 9.84 Å². The van der Waals surface area contributed by atoms with Crippen LogP contribution in [-0.2, 0) is 14.9 Å². The van der Waals surface area contributed by atoms with E-state index in [0.29, 0.717) is 6.61 Å². The van der Waals surface area contributed by atoms with Gasteiger partial charge < -0.3 is 14.4 Å². The Labute approximate surface area is 78.5 Å². The number of hydrogen-bond donors (Lipinski definition) is 1. The first kappa shape index (κ1) is 12.8. The van der Waals surface area contributed by atoms with Gasteiger partial charge in [-0.25, -0.2) is 8.42 Å². The highest BCUT2D eigenvalue weighted by molar-refractivity contribution is 7.85. The summed E-state index contributed by atoms with van der Waals surface area (Å²) in [5.41, 5.74) is 0. The van der Waals surface area contributed by atoms with E-state index in [9.17, 15) is 13.0 Å². The molecule has 1 N–H and O–H groups in total.